The van der Waals surface area contributed by atoms with Crippen LogP contribution in [-0.2, 0) is 96.0 Å². The van der Waals surface area contributed by atoms with Crippen molar-refractivity contribution in [1.29, 1.82) is 0 Å². The molecule has 0 bridgehead atoms. The number of hydrogen-bond acceptors (Lipinski definition) is 25. The summed E-state index contributed by atoms with van der Waals surface area (Å²) in [5.74, 6) is -16.4. The predicted molar refractivity (Wildman–Crippen MR) is 475 cm³/mol. The molecule has 0 spiro atoms. The molecule has 706 valence electrons. The molecule has 23 N–H and O–H groups in total. The van der Waals surface area contributed by atoms with Gasteiger partial charge in [0.1, 0.15) is 84.3 Å². The Morgan fingerprint density at radius 2 is 1.14 bits per heavy atom. The van der Waals surface area contributed by atoms with E-state index in [-0.39, 0.29) is 101 Å². The first-order valence-corrected chi connectivity index (χ1v) is 44.9. The van der Waals surface area contributed by atoms with Crippen LogP contribution in [0.1, 0.15) is 153 Å². The Bertz CT molecular complexity index is 5010. The number of aromatic amines is 2. The molecule has 44 heteroatoms. The van der Waals surface area contributed by atoms with Crippen LogP contribution >= 0.6 is 11.8 Å². The molecule has 130 heavy (non-hydrogen) atoms. The summed E-state index contributed by atoms with van der Waals surface area (Å²) in [6.07, 6.45) is 2.11. The number of likely N-dealkylation sites (N-methyl/N-ethyl adjacent to an activating group) is 2. The number of aliphatic hydroxyl groups is 2. The SMILES string of the molecule is CCCC[C@H]1C(=O)N[C@@H](CCCN)C(=O)N[C@H](C(=O)NCC(N)=O)CSCC(=O)N[C@@H](Cc2ccc(O)cc2)C(=O)N(C)[C@@H](C)C(=O)N[C@@H](CC(N)=O)C(=O)N2CCC[C@H]2C(=O)N[C@@H](CN)C(=O)N[C@@H](CC(C)C)C(=O)N2C[C@H](O)C[C@H]2C(=O)N[C@@H](Cc2c[nH]c3ccccc23)C(=O)N[C@@H](CO)C(=O)N[C@@H](Cc2c[nH]c3ccccc23)c2nnnn2[C@@H](CCCC)C(=O)N1C. The normalized spacial score (nSPS) is 25.1. The fourth-order valence-electron chi connectivity index (χ4n) is 16.1. The molecule has 0 unspecified atom stereocenters. The zero-order valence-corrected chi connectivity index (χ0v) is 74.8. The van der Waals surface area contributed by atoms with Gasteiger partial charge in [-0.25, -0.2) is 4.68 Å². The number of nitrogens with two attached hydrogens (primary N) is 4. The number of rotatable bonds is 24. The van der Waals surface area contributed by atoms with Gasteiger partial charge >= 0.3 is 0 Å². The molecule has 0 saturated carbocycles. The van der Waals surface area contributed by atoms with Crippen LogP contribution in [0.2, 0.25) is 0 Å². The zero-order chi connectivity index (χ0) is 94.7. The van der Waals surface area contributed by atoms with Crippen molar-refractivity contribution < 1.29 is 92.0 Å². The Kier molecular flexibility index (Phi) is 37.4. The van der Waals surface area contributed by atoms with Crippen molar-refractivity contribution in [3.63, 3.8) is 0 Å². The molecule has 15 atom stereocenters. The minimum Gasteiger partial charge on any atom is -0.508 e. The van der Waals surface area contributed by atoms with E-state index in [4.69, 9.17) is 22.9 Å². The fraction of sp³-hybridized carbons (Fsp3) is 0.547. The van der Waals surface area contributed by atoms with Crippen molar-refractivity contribution in [1.82, 2.24) is 103 Å². The lowest BCUT2D eigenvalue weighted by Gasteiger charge is -2.32. The molecule has 43 nitrogen and oxygen atoms in total. The number of primary amides is 2. The highest BCUT2D eigenvalue weighted by atomic mass is 32.2. The molecule has 3 aromatic heterocycles. The largest absolute Gasteiger partial charge is 0.508 e. The summed E-state index contributed by atoms with van der Waals surface area (Å²) in [7, 11) is 2.61. The van der Waals surface area contributed by atoms with Crippen molar-refractivity contribution >= 4 is 128 Å². The standard InChI is InChI=1S/C86H122N24O19S/c1-8-10-23-66-80(123)95-57(22-16-30-87)76(119)102-65(75(118)93-41-71(90)115)44-130-45-72(116)94-61(33-48-26-28-51(112)29-27-48)83(126)106(6)47(5)74(117)98-62(37-70(89)114)84(127)108-31-17-25-67(108)81(124)100-63(38-88)78(121)99-60(32-46(3)4)85(128)109-42-52(113)36-69(109)82(125)97-59(35-50-40-92-56-21-15-13-19-54(50)56)77(120)101-64(43-111)79(122)96-58(34-49-39-91-55-20-14-12-18-53(49)55)73-103-104-105-110(73)68(24-11-9-2)86(129)107(66)7/h12-15,18-21,26-29,39-40,46-47,52,57-69,91-92,111-113H,8-11,16-17,22-25,30-38,41-45,87-88H2,1-7H3,(H2,89,114)(H2,90,115)(H,93,118)(H,94,116)(H,95,123)(H,96,122)(H,97,125)(H,98,117)(H,99,121)(H,100,124)(H,101,120)(H,102,119)/t47-,52+,57-,58-,59-,60-,61-,62-,63-,64-,65-,66-,67-,68-,69-/m0/s1. The number of nitrogens with zero attached hydrogens (tertiary/aromatic N) is 8. The van der Waals surface area contributed by atoms with Gasteiger partial charge in [-0.2, -0.15) is 0 Å². The van der Waals surface area contributed by atoms with E-state index in [9.17, 15) is 63.3 Å². The maximum Gasteiger partial charge on any atom is 0.248 e. The second kappa shape index (κ2) is 48.1. The lowest BCUT2D eigenvalue weighted by molar-refractivity contribution is -0.145. The summed E-state index contributed by atoms with van der Waals surface area (Å²) in [5.41, 5.74) is 26.2. The van der Waals surface area contributed by atoms with Crippen LogP contribution in [0.5, 0.6) is 5.75 Å². The van der Waals surface area contributed by atoms with Gasteiger partial charge in [0, 0.05) is 99.4 Å². The molecular formula is C86H122N24O19S. The van der Waals surface area contributed by atoms with Crippen LogP contribution in [-0.4, -0.2) is 303 Å². The predicted octanol–water partition coefficient (Wildman–Crippen LogP) is -3.39. The number of carbonyl (C=O) groups excluding carboxylic acids is 16. The third-order valence-corrected chi connectivity index (χ3v) is 24.3. The highest BCUT2D eigenvalue weighted by Crippen LogP contribution is 2.31. The number of aromatic nitrogens is 6. The fourth-order valence-corrected chi connectivity index (χ4v) is 17.0. The van der Waals surface area contributed by atoms with E-state index in [1.807, 2.05) is 26.0 Å². The third-order valence-electron chi connectivity index (χ3n) is 23.3. The Balaban J connectivity index is 1.09. The van der Waals surface area contributed by atoms with Crippen LogP contribution in [0.4, 0.5) is 0 Å². The maximum absolute atomic E-state index is 15.7. The summed E-state index contributed by atoms with van der Waals surface area (Å²) in [6, 6.07) is -1.24. The van der Waals surface area contributed by atoms with Gasteiger partial charge in [0.2, 0.25) is 94.5 Å². The van der Waals surface area contributed by atoms with E-state index >= 15 is 28.8 Å². The van der Waals surface area contributed by atoms with Gasteiger partial charge < -0.3 is 121 Å². The van der Waals surface area contributed by atoms with Gasteiger partial charge in [-0.1, -0.05) is 102 Å². The number of carbonyl (C=O) groups is 16. The molecular weight excluding hydrogens is 1710 g/mol. The number of para-hydroxylation sites is 2. The second-order valence-electron chi connectivity index (χ2n) is 33.4. The number of nitrogens with one attached hydrogen (secondary N) is 12. The molecule has 9 rings (SSSR count). The quantitative estimate of drug-likeness (QED) is 0.0281. The van der Waals surface area contributed by atoms with Crippen molar-refractivity contribution in [2.75, 3.05) is 64.9 Å². The van der Waals surface area contributed by atoms with Gasteiger partial charge in [-0.3, -0.25) is 76.7 Å². The summed E-state index contributed by atoms with van der Waals surface area (Å²) >= 11 is 0.787. The number of fused-ring (bicyclic) bond motifs is 5. The zero-order valence-electron chi connectivity index (χ0n) is 74.0. The molecule has 3 aliphatic rings. The average Bonchev–Trinajstić information content (AvgIpc) is 1.71. The molecule has 6 aromatic rings. The summed E-state index contributed by atoms with van der Waals surface area (Å²) in [5, 5.41) is 73.5. The average molecular weight is 1830 g/mol. The highest BCUT2D eigenvalue weighted by Gasteiger charge is 2.46. The molecule has 2 fully saturated rings. The highest BCUT2D eigenvalue weighted by molar-refractivity contribution is 8.00. The number of tetrazole rings is 1. The maximum atomic E-state index is 15.7. The van der Waals surface area contributed by atoms with E-state index in [2.05, 4.69) is 78.7 Å². The first-order valence-electron chi connectivity index (χ1n) is 43.7. The van der Waals surface area contributed by atoms with Gasteiger partial charge in [0.25, 0.3) is 0 Å². The summed E-state index contributed by atoms with van der Waals surface area (Å²) in [6.45, 7) is 5.62. The van der Waals surface area contributed by atoms with Gasteiger partial charge in [0.05, 0.1) is 37.5 Å². The lowest BCUT2D eigenvalue weighted by atomic mass is 10.0. The summed E-state index contributed by atoms with van der Waals surface area (Å²) in [4.78, 5) is 243. The second-order valence-corrected chi connectivity index (χ2v) is 34.4. The number of aromatic hydroxyl groups is 1. The van der Waals surface area contributed by atoms with Crippen LogP contribution in [0, 0.1) is 5.92 Å². The van der Waals surface area contributed by atoms with Gasteiger partial charge in [0.15, 0.2) is 5.82 Å². The Labute approximate surface area is 754 Å². The van der Waals surface area contributed by atoms with Gasteiger partial charge in [-0.15, -0.1) is 16.9 Å². The van der Waals surface area contributed by atoms with E-state index in [0.29, 0.717) is 64.2 Å². The number of hydrogen-bond donors (Lipinski definition) is 19. The summed E-state index contributed by atoms with van der Waals surface area (Å²) < 4.78 is 1.23. The molecule has 0 aliphatic carbocycles. The van der Waals surface area contributed by atoms with Crippen molar-refractivity contribution in [3.05, 3.63) is 108 Å². The smallest absolute Gasteiger partial charge is 0.248 e. The number of unbranched alkanes of at least 4 members (excludes halogenated alkanes) is 2. The van der Waals surface area contributed by atoms with E-state index in [0.717, 1.165) is 26.5 Å². The Hall–Kier alpha value is -12.7. The van der Waals surface area contributed by atoms with Crippen LogP contribution in [0.25, 0.3) is 21.8 Å². The van der Waals surface area contributed by atoms with E-state index < -0.39 is 229 Å². The van der Waals surface area contributed by atoms with Gasteiger partial charge in [-0.05, 0) is 116 Å². The number of H-pyrrole nitrogens is 2. The molecule has 2 saturated heterocycles. The first-order chi connectivity index (χ1) is 62.1. The number of aliphatic hydroxyl groups excluding tert-OH is 2. The lowest BCUT2D eigenvalue weighted by Crippen LogP contribution is -2.61. The minimum atomic E-state index is -1.82. The van der Waals surface area contributed by atoms with Crippen molar-refractivity contribution in [2.45, 2.75) is 228 Å². The number of thioether (sulfide) groups is 1. The molecule has 0 radical (unpaired) electrons. The molecule has 6 heterocycles. The van der Waals surface area contributed by atoms with Crippen LogP contribution in [0.3, 0.4) is 0 Å². The third kappa shape index (κ3) is 27.0. The van der Waals surface area contributed by atoms with Crippen molar-refractivity contribution in [2.24, 2.45) is 28.9 Å². The molecule has 16 amide bonds. The molecule has 3 aromatic carbocycles. The Morgan fingerprint density at radius 1 is 0.577 bits per heavy atom. The number of amides is 16. The number of phenols is 1. The monoisotopic (exact) mass is 1830 g/mol. The van der Waals surface area contributed by atoms with Crippen molar-refractivity contribution in [3.8, 4) is 5.75 Å². The Morgan fingerprint density at radius 3 is 1.75 bits per heavy atom. The topological polar surface area (TPSA) is 646 Å². The van der Waals surface area contributed by atoms with E-state index in [1.54, 1.807) is 62.6 Å². The molecule has 3 aliphatic heterocycles. The van der Waals surface area contributed by atoms with Crippen LogP contribution < -0.4 is 76.1 Å². The van der Waals surface area contributed by atoms with E-state index in [1.165, 1.54) is 54.9 Å². The van der Waals surface area contributed by atoms with Crippen LogP contribution in [0.15, 0.2) is 85.2 Å². The minimum absolute atomic E-state index is 0.00903. The first kappa shape index (κ1) is 101. The number of benzene rings is 3. The number of phenolic OH excluding ortho intramolecular Hbond substituents is 1.